The van der Waals surface area contributed by atoms with Crippen molar-refractivity contribution in [3.05, 3.63) is 0 Å². The van der Waals surface area contributed by atoms with Gasteiger partial charge in [0.2, 0.25) is 0 Å². The average molecular weight is 254 g/mol. The molecule has 0 aromatic rings. The van der Waals surface area contributed by atoms with Crippen LogP contribution in [0.1, 0.15) is 57.8 Å². The quantitative estimate of drug-likeness (QED) is 0.585. The van der Waals surface area contributed by atoms with Crippen LogP contribution in [-0.4, -0.2) is 43.3 Å². The molecule has 0 radical (unpaired) electrons. The van der Waals surface area contributed by atoms with Crippen LogP contribution >= 0.6 is 0 Å². The lowest BCUT2D eigenvalue weighted by Gasteiger charge is -2.32. The van der Waals surface area contributed by atoms with Gasteiger partial charge in [-0.2, -0.15) is 0 Å². The van der Waals surface area contributed by atoms with Crippen molar-refractivity contribution in [2.45, 2.75) is 63.4 Å². The van der Waals surface area contributed by atoms with E-state index in [0.29, 0.717) is 6.54 Å². The second kappa shape index (κ2) is 7.46. The molecule has 1 aliphatic heterocycles. The molecule has 106 valence electrons. The smallest absolute Gasteiger partial charge is 0.0804 e. The van der Waals surface area contributed by atoms with E-state index in [2.05, 4.69) is 4.90 Å². The topological polar surface area (TPSA) is 38.5 Å². The molecule has 0 unspecified atom stereocenters. The highest BCUT2D eigenvalue weighted by Gasteiger charge is 2.30. The van der Waals surface area contributed by atoms with Gasteiger partial charge in [0, 0.05) is 19.7 Å². The summed E-state index contributed by atoms with van der Waals surface area (Å²) in [5, 5.41) is 0. The van der Waals surface area contributed by atoms with Crippen molar-refractivity contribution in [2.75, 3.05) is 32.8 Å². The van der Waals surface area contributed by atoms with E-state index in [1.54, 1.807) is 0 Å². The number of ether oxygens (including phenoxy) is 1. The lowest BCUT2D eigenvalue weighted by Crippen LogP contribution is -2.41. The summed E-state index contributed by atoms with van der Waals surface area (Å²) in [5.74, 6) is 0. The Morgan fingerprint density at radius 1 is 0.944 bits per heavy atom. The van der Waals surface area contributed by atoms with Crippen molar-refractivity contribution in [2.24, 2.45) is 5.73 Å². The molecule has 0 spiro atoms. The summed E-state index contributed by atoms with van der Waals surface area (Å²) in [6, 6.07) is 0. The number of hydrogen-bond acceptors (Lipinski definition) is 3. The molecule has 1 aliphatic carbocycles. The fourth-order valence-corrected chi connectivity index (χ4v) is 3.36. The maximum atomic E-state index is 6.21. The molecular weight excluding hydrogens is 224 g/mol. The minimum Gasteiger partial charge on any atom is -0.374 e. The zero-order valence-electron chi connectivity index (χ0n) is 11.8. The minimum absolute atomic E-state index is 0.0154. The summed E-state index contributed by atoms with van der Waals surface area (Å²) in [5.41, 5.74) is 5.99. The van der Waals surface area contributed by atoms with Crippen LogP contribution < -0.4 is 5.73 Å². The van der Waals surface area contributed by atoms with E-state index in [9.17, 15) is 0 Å². The summed E-state index contributed by atoms with van der Waals surface area (Å²) in [6.07, 6.45) is 11.6. The van der Waals surface area contributed by atoms with Crippen molar-refractivity contribution in [1.29, 1.82) is 0 Å². The summed E-state index contributed by atoms with van der Waals surface area (Å²) < 4.78 is 6.21. The van der Waals surface area contributed by atoms with Crippen LogP contribution in [0.4, 0.5) is 0 Å². The fraction of sp³-hybridized carbons (Fsp3) is 1.00. The molecule has 1 saturated carbocycles. The van der Waals surface area contributed by atoms with Gasteiger partial charge in [-0.15, -0.1) is 0 Å². The van der Waals surface area contributed by atoms with Gasteiger partial charge >= 0.3 is 0 Å². The minimum atomic E-state index is 0.0154. The lowest BCUT2D eigenvalue weighted by atomic mass is 9.94. The summed E-state index contributed by atoms with van der Waals surface area (Å²) in [6.45, 7) is 5.40. The Morgan fingerprint density at radius 3 is 2.22 bits per heavy atom. The molecule has 2 aliphatic rings. The molecule has 2 rings (SSSR count). The van der Waals surface area contributed by atoms with E-state index >= 15 is 0 Å². The van der Waals surface area contributed by atoms with Gasteiger partial charge < -0.3 is 15.4 Å². The molecule has 0 aromatic carbocycles. The van der Waals surface area contributed by atoms with Crippen LogP contribution in [0.5, 0.6) is 0 Å². The van der Waals surface area contributed by atoms with Gasteiger partial charge in [-0.05, 0) is 45.2 Å². The van der Waals surface area contributed by atoms with Crippen molar-refractivity contribution >= 4 is 0 Å². The maximum absolute atomic E-state index is 6.21. The second-order valence-corrected chi connectivity index (χ2v) is 6.05. The van der Waals surface area contributed by atoms with E-state index in [1.807, 2.05) is 0 Å². The zero-order valence-corrected chi connectivity index (χ0v) is 11.8. The zero-order chi connectivity index (χ0) is 12.7. The van der Waals surface area contributed by atoms with Crippen molar-refractivity contribution in [3.8, 4) is 0 Å². The van der Waals surface area contributed by atoms with Gasteiger partial charge in [0.05, 0.1) is 5.60 Å². The highest BCUT2D eigenvalue weighted by Crippen LogP contribution is 2.29. The highest BCUT2D eigenvalue weighted by molar-refractivity contribution is 4.84. The first-order chi connectivity index (χ1) is 8.85. The Labute approximate surface area is 112 Å². The molecule has 18 heavy (non-hydrogen) atoms. The van der Waals surface area contributed by atoms with Crippen molar-refractivity contribution in [3.63, 3.8) is 0 Å². The van der Waals surface area contributed by atoms with E-state index in [-0.39, 0.29) is 5.60 Å². The molecule has 3 nitrogen and oxygen atoms in total. The Bertz CT molecular complexity index is 219. The molecule has 0 bridgehead atoms. The van der Waals surface area contributed by atoms with E-state index in [0.717, 1.165) is 6.61 Å². The van der Waals surface area contributed by atoms with Crippen LogP contribution in [0.3, 0.4) is 0 Å². The first-order valence-corrected chi connectivity index (χ1v) is 7.91. The Hall–Kier alpha value is -0.120. The van der Waals surface area contributed by atoms with Gasteiger partial charge in [0.25, 0.3) is 0 Å². The molecule has 2 fully saturated rings. The number of hydrogen-bond donors (Lipinski definition) is 1. The normalized spacial score (nSPS) is 25.2. The van der Waals surface area contributed by atoms with Crippen LogP contribution in [0.15, 0.2) is 0 Å². The molecule has 0 atom stereocenters. The maximum Gasteiger partial charge on any atom is 0.0804 e. The number of rotatable bonds is 6. The third kappa shape index (κ3) is 4.22. The largest absolute Gasteiger partial charge is 0.374 e. The molecule has 1 heterocycles. The van der Waals surface area contributed by atoms with Gasteiger partial charge in [0.1, 0.15) is 0 Å². The lowest BCUT2D eigenvalue weighted by molar-refractivity contribution is -0.0517. The summed E-state index contributed by atoms with van der Waals surface area (Å²) in [4.78, 5) is 2.56. The number of nitrogens with zero attached hydrogens (tertiary/aromatic N) is 1. The van der Waals surface area contributed by atoms with Gasteiger partial charge in [0.15, 0.2) is 0 Å². The molecule has 0 amide bonds. The second-order valence-electron chi connectivity index (χ2n) is 6.05. The Morgan fingerprint density at radius 2 is 1.61 bits per heavy atom. The van der Waals surface area contributed by atoms with Crippen molar-refractivity contribution in [1.82, 2.24) is 4.90 Å². The highest BCUT2D eigenvalue weighted by atomic mass is 16.5. The summed E-state index contributed by atoms with van der Waals surface area (Å²) in [7, 11) is 0. The van der Waals surface area contributed by atoms with Crippen molar-refractivity contribution < 1.29 is 4.74 Å². The predicted molar refractivity (Wildman–Crippen MR) is 75.7 cm³/mol. The summed E-state index contributed by atoms with van der Waals surface area (Å²) >= 11 is 0. The van der Waals surface area contributed by atoms with E-state index in [1.165, 1.54) is 77.4 Å². The Balaban J connectivity index is 1.65. The molecule has 1 saturated heterocycles. The molecule has 0 aromatic heterocycles. The number of likely N-dealkylation sites (tertiary alicyclic amines) is 1. The van der Waals surface area contributed by atoms with Gasteiger partial charge in [-0.1, -0.05) is 25.7 Å². The standard InChI is InChI=1S/C15H30N2O/c16-14-15(8-3-1-2-4-9-15)18-13-7-12-17-10-5-6-11-17/h1-14,16H2. The molecular formula is C15H30N2O. The monoisotopic (exact) mass is 254 g/mol. The average Bonchev–Trinajstić information content (AvgIpc) is 2.80. The molecule has 2 N–H and O–H groups in total. The fourth-order valence-electron chi connectivity index (χ4n) is 3.36. The van der Waals surface area contributed by atoms with Gasteiger partial charge in [-0.3, -0.25) is 0 Å². The van der Waals surface area contributed by atoms with Crippen LogP contribution in [0.2, 0.25) is 0 Å². The van der Waals surface area contributed by atoms with Crippen LogP contribution in [0, 0.1) is 0 Å². The SMILES string of the molecule is NCC1(OCCCN2CCCC2)CCCCCC1. The Kier molecular flexibility index (Phi) is 5.93. The van der Waals surface area contributed by atoms with Crippen LogP contribution in [0.25, 0.3) is 0 Å². The first kappa shape index (κ1) is 14.3. The third-order valence-electron chi connectivity index (χ3n) is 4.61. The third-order valence-corrected chi connectivity index (χ3v) is 4.61. The first-order valence-electron chi connectivity index (χ1n) is 7.91. The van der Waals surface area contributed by atoms with Gasteiger partial charge in [-0.25, -0.2) is 0 Å². The predicted octanol–water partition coefficient (Wildman–Crippen LogP) is 2.54. The van der Waals surface area contributed by atoms with Crippen LogP contribution in [-0.2, 0) is 4.74 Å². The van der Waals surface area contributed by atoms with E-state index in [4.69, 9.17) is 10.5 Å². The number of nitrogens with two attached hydrogens (primary N) is 1. The molecule has 3 heteroatoms. The van der Waals surface area contributed by atoms with E-state index < -0.39 is 0 Å².